The average molecular weight is 619 g/mol. The summed E-state index contributed by atoms with van der Waals surface area (Å²) in [6.45, 7) is 2.54. The molecule has 0 aromatic heterocycles. The van der Waals surface area contributed by atoms with E-state index in [1.165, 1.54) is 5.56 Å². The average Bonchev–Trinajstić information content (AvgIpc) is 2.95. The van der Waals surface area contributed by atoms with Crippen molar-refractivity contribution in [2.75, 3.05) is 6.54 Å². The van der Waals surface area contributed by atoms with Crippen LogP contribution in [0.2, 0.25) is 0 Å². The van der Waals surface area contributed by atoms with E-state index in [1.807, 2.05) is 103 Å². The Morgan fingerprint density at radius 3 is 1.73 bits per heavy atom. The van der Waals surface area contributed by atoms with Crippen molar-refractivity contribution in [2.45, 2.75) is 36.7 Å². The number of hydrogen-bond acceptors (Lipinski definition) is 2. The van der Waals surface area contributed by atoms with Gasteiger partial charge in [0.15, 0.2) is 0 Å². The van der Waals surface area contributed by atoms with Gasteiger partial charge in [-0.15, -0.1) is 18.6 Å². The summed E-state index contributed by atoms with van der Waals surface area (Å²) in [5, 5.41) is 5.02. The quantitative estimate of drug-likeness (QED) is 0.126. The zero-order valence-corrected chi connectivity index (χ0v) is 23.9. The number of nitrogens with zero attached hydrogens (tertiary/aromatic N) is 2. The second-order valence-corrected chi connectivity index (χ2v) is 10.2. The third-order valence-corrected chi connectivity index (χ3v) is 7.32. The van der Waals surface area contributed by atoms with Gasteiger partial charge in [0.2, 0.25) is 0 Å². The summed E-state index contributed by atoms with van der Waals surface area (Å²) in [5.74, 6) is 0. The van der Waals surface area contributed by atoms with E-state index in [1.54, 1.807) is 24.3 Å². The van der Waals surface area contributed by atoms with E-state index in [0.717, 1.165) is 29.5 Å². The van der Waals surface area contributed by atoms with Crippen LogP contribution in [0.1, 0.15) is 40.8 Å². The number of sulfonamides is 1. The number of aryl methyl sites for hydroxylation is 2. The van der Waals surface area contributed by atoms with Crippen molar-refractivity contribution in [1.29, 1.82) is 0 Å². The molecule has 4 aromatic rings. The Morgan fingerprint density at radius 2 is 1.19 bits per heavy atom. The van der Waals surface area contributed by atoms with Crippen LogP contribution < -0.4 is 0 Å². The Labute approximate surface area is 235 Å². The number of rotatable bonds is 11. The molecule has 0 radical (unpaired) electrons. The Morgan fingerprint density at radius 1 is 0.703 bits per heavy atom. The van der Waals surface area contributed by atoms with Crippen LogP contribution in [0.3, 0.4) is 0 Å². The van der Waals surface area contributed by atoms with Crippen LogP contribution >= 0.6 is 9.69 Å². The molecule has 7 heteroatoms. The standard InChI is InChI=1S/C30H30N2O2S.ClH.Ru/c1-24-19-21-28(22-20-24)35(33,34)32-30(27-17-9-4-10-18-27)29(26-15-7-3-8-16-26)31-23-11-14-25-12-5-2-6-13-25;;/h2-10,12-13,15-22,29-30H,11,14,23H2,1H3;1H;/q-2;;+3/p-1/t29-,30-;;/m1../s1. The summed E-state index contributed by atoms with van der Waals surface area (Å²) >= 11 is 1.82. The van der Waals surface area contributed by atoms with Gasteiger partial charge >= 0.3 is 27.0 Å². The summed E-state index contributed by atoms with van der Waals surface area (Å²) in [5.41, 5.74) is 4.04. The summed E-state index contributed by atoms with van der Waals surface area (Å²) in [6, 6.07) is 35.5. The van der Waals surface area contributed by atoms with Gasteiger partial charge in [0.05, 0.1) is 0 Å². The fourth-order valence-electron chi connectivity index (χ4n) is 4.07. The van der Waals surface area contributed by atoms with Crippen LogP contribution in [0.15, 0.2) is 120 Å². The van der Waals surface area contributed by atoms with E-state index in [0.29, 0.717) is 6.54 Å². The molecule has 4 aromatic carbocycles. The van der Waals surface area contributed by atoms with E-state index in [-0.39, 0.29) is 4.90 Å². The SMILES string of the molecule is Cc1ccc(S(=O)(=O)[N-][C@H](c2ccccc2)[C@H]([N-]CCCc2ccccc2)c2ccccc2)cc1.[Cl][Ru+2]. The molecule has 0 heterocycles. The van der Waals surface area contributed by atoms with E-state index < -0.39 is 22.1 Å². The van der Waals surface area contributed by atoms with E-state index in [2.05, 4.69) is 26.5 Å². The minimum atomic E-state index is -3.89. The maximum absolute atomic E-state index is 13.4. The van der Waals surface area contributed by atoms with Gasteiger partial charge in [-0.3, -0.25) is 0 Å². The van der Waals surface area contributed by atoms with Gasteiger partial charge in [-0.05, 0) is 31.0 Å². The molecule has 0 fully saturated rings. The van der Waals surface area contributed by atoms with E-state index >= 15 is 0 Å². The molecule has 4 nitrogen and oxygen atoms in total. The Balaban J connectivity index is 0.00000186. The van der Waals surface area contributed by atoms with Crippen LogP contribution in [0.5, 0.6) is 0 Å². The van der Waals surface area contributed by atoms with Crippen LogP contribution in [0, 0.1) is 6.92 Å². The van der Waals surface area contributed by atoms with Crippen molar-refractivity contribution in [2.24, 2.45) is 0 Å². The fourth-order valence-corrected chi connectivity index (χ4v) is 5.21. The van der Waals surface area contributed by atoms with Crippen LogP contribution in [0.25, 0.3) is 10.0 Å². The topological polar surface area (TPSA) is 62.3 Å². The number of benzene rings is 4. The van der Waals surface area contributed by atoms with Crippen molar-refractivity contribution < 1.29 is 25.7 Å². The predicted octanol–water partition coefficient (Wildman–Crippen LogP) is 8.23. The van der Waals surface area contributed by atoms with Crippen molar-refractivity contribution in [3.63, 3.8) is 0 Å². The molecule has 0 aliphatic heterocycles. The normalized spacial score (nSPS) is 12.7. The summed E-state index contributed by atoms with van der Waals surface area (Å²) in [6.07, 6.45) is 1.79. The van der Waals surface area contributed by atoms with Crippen molar-refractivity contribution in [1.82, 2.24) is 0 Å². The van der Waals surface area contributed by atoms with Gasteiger partial charge < -0.3 is 10.0 Å². The van der Waals surface area contributed by atoms with Gasteiger partial charge in [-0.1, -0.05) is 126 Å². The van der Waals surface area contributed by atoms with Crippen molar-refractivity contribution in [3.05, 3.63) is 148 Å². The van der Waals surface area contributed by atoms with Gasteiger partial charge in [0.1, 0.15) is 10.0 Å². The van der Waals surface area contributed by atoms with Gasteiger partial charge in [-0.2, -0.15) is 0 Å². The molecule has 0 saturated heterocycles. The third-order valence-electron chi connectivity index (χ3n) is 5.94. The summed E-state index contributed by atoms with van der Waals surface area (Å²) in [7, 11) is 0.683. The first-order valence-electron chi connectivity index (χ1n) is 12.0. The second kappa shape index (κ2) is 15.2. The molecule has 0 aliphatic carbocycles. The molecule has 0 unspecified atom stereocenters. The van der Waals surface area contributed by atoms with Crippen LogP contribution in [-0.4, -0.2) is 15.0 Å². The monoisotopic (exact) mass is 619 g/mol. The second-order valence-electron chi connectivity index (χ2n) is 8.60. The first-order chi connectivity index (χ1) is 18.0. The maximum atomic E-state index is 13.4. The first-order valence-corrected chi connectivity index (χ1v) is 15.7. The molecular formula is C30H30ClN2O2RuS. The molecule has 0 aliphatic rings. The van der Waals surface area contributed by atoms with Gasteiger partial charge in [-0.25, -0.2) is 8.42 Å². The van der Waals surface area contributed by atoms with E-state index in [9.17, 15) is 8.42 Å². The molecule has 2 atom stereocenters. The Hall–Kier alpha value is -2.34. The molecule has 193 valence electrons. The Kier molecular flexibility index (Phi) is 12.0. The van der Waals surface area contributed by atoms with Gasteiger partial charge in [0.25, 0.3) is 0 Å². The molecule has 0 N–H and O–H groups in total. The summed E-state index contributed by atoms with van der Waals surface area (Å²) < 4.78 is 31.2. The minimum absolute atomic E-state index is 0.194. The van der Waals surface area contributed by atoms with Crippen LogP contribution in [-0.2, 0) is 33.8 Å². The summed E-state index contributed by atoms with van der Waals surface area (Å²) in [4.78, 5) is 0.194. The molecule has 0 spiro atoms. The number of hydrogen-bond donors (Lipinski definition) is 0. The molecule has 0 saturated carbocycles. The van der Waals surface area contributed by atoms with Crippen molar-refractivity contribution in [3.8, 4) is 0 Å². The fraction of sp³-hybridized carbons (Fsp3) is 0.200. The van der Waals surface area contributed by atoms with Crippen molar-refractivity contribution >= 4 is 19.7 Å². The molecule has 4 rings (SSSR count). The molecular weight excluding hydrogens is 589 g/mol. The zero-order chi connectivity index (χ0) is 26.5. The Bertz CT molecular complexity index is 1290. The number of halogens is 1. The third kappa shape index (κ3) is 8.88. The van der Waals surface area contributed by atoms with E-state index in [4.69, 9.17) is 5.32 Å². The predicted molar refractivity (Wildman–Crippen MR) is 149 cm³/mol. The zero-order valence-electron chi connectivity index (χ0n) is 20.6. The van der Waals surface area contributed by atoms with Gasteiger partial charge in [0, 0.05) is 4.90 Å². The molecule has 0 bridgehead atoms. The van der Waals surface area contributed by atoms with Crippen LogP contribution in [0.4, 0.5) is 0 Å². The molecule has 37 heavy (non-hydrogen) atoms. The first kappa shape index (κ1) is 29.2. The molecule has 0 amide bonds.